The molecule has 0 saturated carbocycles. The van der Waals surface area contributed by atoms with Gasteiger partial charge in [0, 0.05) is 17.5 Å². The molecule has 2 heterocycles. The van der Waals surface area contributed by atoms with Crippen molar-refractivity contribution in [1.82, 2.24) is 14.5 Å². The third-order valence-electron chi connectivity index (χ3n) is 3.09. The van der Waals surface area contributed by atoms with Gasteiger partial charge in [-0.25, -0.2) is 9.97 Å². The molecule has 6 nitrogen and oxygen atoms in total. The largest absolute Gasteiger partial charge is 0.493 e. The van der Waals surface area contributed by atoms with Gasteiger partial charge in [0.25, 0.3) is 0 Å². The molecule has 0 amide bonds. The number of nitrogen functional groups attached to an aromatic ring is 1. The van der Waals surface area contributed by atoms with Gasteiger partial charge >= 0.3 is 0 Å². The van der Waals surface area contributed by atoms with Crippen LogP contribution in [0.25, 0.3) is 11.0 Å². The van der Waals surface area contributed by atoms with Gasteiger partial charge in [-0.15, -0.1) is 11.3 Å². The Morgan fingerprint density at radius 3 is 2.65 bits per heavy atom. The van der Waals surface area contributed by atoms with Crippen molar-refractivity contribution >= 4 is 28.3 Å². The molecule has 20 heavy (non-hydrogen) atoms. The Morgan fingerprint density at radius 2 is 2.00 bits per heavy atom. The lowest BCUT2D eigenvalue weighted by Gasteiger charge is -2.08. The van der Waals surface area contributed by atoms with Crippen LogP contribution in [-0.2, 0) is 6.54 Å². The number of imidazole rings is 1. The van der Waals surface area contributed by atoms with Gasteiger partial charge in [-0.1, -0.05) is 0 Å². The molecular weight excluding hydrogens is 276 g/mol. The zero-order valence-corrected chi connectivity index (χ0v) is 12.0. The number of hydrogen-bond donors (Lipinski definition) is 1. The summed E-state index contributed by atoms with van der Waals surface area (Å²) in [6, 6.07) is 3.70. The number of rotatable bonds is 4. The molecule has 0 aliphatic carbocycles. The van der Waals surface area contributed by atoms with Gasteiger partial charge in [0.15, 0.2) is 11.5 Å². The van der Waals surface area contributed by atoms with Gasteiger partial charge in [-0.05, 0) is 0 Å². The number of methoxy groups -OCH3 is 2. The van der Waals surface area contributed by atoms with Crippen LogP contribution in [0, 0.1) is 0 Å². The zero-order valence-electron chi connectivity index (χ0n) is 11.2. The Hall–Kier alpha value is -2.28. The third-order valence-corrected chi connectivity index (χ3v) is 3.72. The first-order valence-electron chi connectivity index (χ1n) is 5.97. The van der Waals surface area contributed by atoms with Crippen molar-refractivity contribution < 1.29 is 9.47 Å². The van der Waals surface area contributed by atoms with Gasteiger partial charge in [-0.2, -0.15) is 0 Å². The van der Waals surface area contributed by atoms with Crippen LogP contribution in [-0.4, -0.2) is 28.8 Å². The minimum Gasteiger partial charge on any atom is -0.493 e. The molecule has 0 atom stereocenters. The lowest BCUT2D eigenvalue weighted by atomic mass is 10.2. The van der Waals surface area contributed by atoms with Crippen molar-refractivity contribution in [2.24, 2.45) is 0 Å². The summed E-state index contributed by atoms with van der Waals surface area (Å²) in [5, 5.41) is 1.99. The molecule has 104 valence electrons. The first kappa shape index (κ1) is 12.7. The maximum Gasteiger partial charge on any atom is 0.201 e. The van der Waals surface area contributed by atoms with Crippen LogP contribution >= 0.6 is 11.3 Å². The van der Waals surface area contributed by atoms with Crippen LogP contribution < -0.4 is 15.2 Å². The van der Waals surface area contributed by atoms with Crippen molar-refractivity contribution in [1.29, 1.82) is 0 Å². The van der Waals surface area contributed by atoms with E-state index in [0.717, 1.165) is 16.7 Å². The number of ether oxygens (including phenoxy) is 2. The highest BCUT2D eigenvalue weighted by atomic mass is 32.1. The van der Waals surface area contributed by atoms with E-state index in [1.165, 1.54) is 0 Å². The van der Waals surface area contributed by atoms with Crippen LogP contribution in [0.5, 0.6) is 11.5 Å². The molecule has 3 aromatic rings. The molecule has 0 aliphatic rings. The number of anilines is 1. The predicted molar refractivity (Wildman–Crippen MR) is 78.5 cm³/mol. The zero-order chi connectivity index (χ0) is 14.1. The van der Waals surface area contributed by atoms with Crippen molar-refractivity contribution in [2.75, 3.05) is 20.0 Å². The van der Waals surface area contributed by atoms with Crippen LogP contribution in [0.2, 0.25) is 0 Å². The summed E-state index contributed by atoms with van der Waals surface area (Å²) in [4.78, 5) is 8.63. The van der Waals surface area contributed by atoms with Crippen molar-refractivity contribution in [3.8, 4) is 11.5 Å². The predicted octanol–water partition coefficient (Wildman–Crippen LogP) is 2.14. The van der Waals surface area contributed by atoms with Crippen molar-refractivity contribution in [3.05, 3.63) is 28.7 Å². The maximum absolute atomic E-state index is 6.00. The average Bonchev–Trinajstić information content (AvgIpc) is 3.06. The van der Waals surface area contributed by atoms with E-state index in [0.29, 0.717) is 24.0 Å². The second kappa shape index (κ2) is 5.01. The highest BCUT2D eigenvalue weighted by Gasteiger charge is 2.14. The minimum absolute atomic E-state index is 0.448. The van der Waals surface area contributed by atoms with E-state index in [1.54, 1.807) is 31.1 Å². The van der Waals surface area contributed by atoms with Gasteiger partial charge in [0.2, 0.25) is 5.95 Å². The molecule has 2 aromatic heterocycles. The molecule has 0 spiro atoms. The maximum atomic E-state index is 6.00. The molecular formula is C13H14N4O2S. The Balaban J connectivity index is 2.14. The Morgan fingerprint density at radius 1 is 1.25 bits per heavy atom. The van der Waals surface area contributed by atoms with Crippen molar-refractivity contribution in [2.45, 2.75) is 6.54 Å². The highest BCUT2D eigenvalue weighted by Crippen LogP contribution is 2.33. The number of nitrogens with two attached hydrogens (primary N) is 1. The van der Waals surface area contributed by atoms with Crippen LogP contribution in [0.3, 0.4) is 0 Å². The monoisotopic (exact) mass is 290 g/mol. The van der Waals surface area contributed by atoms with Crippen molar-refractivity contribution in [3.63, 3.8) is 0 Å². The van der Waals surface area contributed by atoms with E-state index in [1.807, 2.05) is 22.1 Å². The fourth-order valence-electron chi connectivity index (χ4n) is 2.11. The van der Waals surface area contributed by atoms with Gasteiger partial charge in [0.1, 0.15) is 0 Å². The number of hydrogen-bond acceptors (Lipinski definition) is 6. The average molecular weight is 290 g/mol. The van der Waals surface area contributed by atoms with E-state index < -0.39 is 0 Å². The van der Waals surface area contributed by atoms with E-state index in [9.17, 15) is 0 Å². The summed E-state index contributed by atoms with van der Waals surface area (Å²) in [5.74, 6) is 1.74. The molecule has 7 heteroatoms. The lowest BCUT2D eigenvalue weighted by Crippen LogP contribution is -2.04. The summed E-state index contributed by atoms with van der Waals surface area (Å²) in [5.41, 5.74) is 10.4. The molecule has 0 radical (unpaired) electrons. The fourth-order valence-corrected chi connectivity index (χ4v) is 2.66. The molecule has 0 unspecified atom stereocenters. The fraction of sp³-hybridized carbons (Fsp3) is 0.231. The Kier molecular flexibility index (Phi) is 3.19. The summed E-state index contributed by atoms with van der Waals surface area (Å²) in [6.07, 6.45) is 0. The molecule has 0 saturated heterocycles. The molecule has 0 fully saturated rings. The third kappa shape index (κ3) is 2.05. The topological polar surface area (TPSA) is 75.2 Å². The molecule has 2 N–H and O–H groups in total. The SMILES string of the molecule is COc1cc2nc(N)n(Cc3cscn3)c2cc1OC. The normalized spacial score (nSPS) is 10.9. The molecule has 0 bridgehead atoms. The molecule has 1 aromatic carbocycles. The van der Waals surface area contributed by atoms with E-state index >= 15 is 0 Å². The van der Waals surface area contributed by atoms with E-state index in [-0.39, 0.29) is 0 Å². The summed E-state index contributed by atoms with van der Waals surface area (Å²) < 4.78 is 12.5. The second-order valence-electron chi connectivity index (χ2n) is 4.23. The van der Waals surface area contributed by atoms with Gasteiger partial charge in [-0.3, -0.25) is 0 Å². The first-order chi connectivity index (χ1) is 9.72. The smallest absolute Gasteiger partial charge is 0.201 e. The number of fused-ring (bicyclic) bond motifs is 1. The van der Waals surface area contributed by atoms with E-state index in [2.05, 4.69) is 9.97 Å². The van der Waals surface area contributed by atoms with E-state index in [4.69, 9.17) is 15.2 Å². The standard InChI is InChI=1S/C13H14N4O2S/c1-18-11-3-9-10(4-12(11)19-2)17(13(14)16-9)5-8-6-20-7-15-8/h3-4,6-7H,5H2,1-2H3,(H2,14,16). The summed E-state index contributed by atoms with van der Waals surface area (Å²) in [6.45, 7) is 0.585. The van der Waals surface area contributed by atoms with Gasteiger partial charge in [0.05, 0.1) is 43.0 Å². The van der Waals surface area contributed by atoms with Crippen LogP contribution in [0.4, 0.5) is 5.95 Å². The lowest BCUT2D eigenvalue weighted by molar-refractivity contribution is 0.355. The first-order valence-corrected chi connectivity index (χ1v) is 6.92. The summed E-state index contributed by atoms with van der Waals surface area (Å²) in [7, 11) is 3.20. The van der Waals surface area contributed by atoms with Crippen LogP contribution in [0.15, 0.2) is 23.0 Å². The second-order valence-corrected chi connectivity index (χ2v) is 4.95. The minimum atomic E-state index is 0.448. The number of thiazole rings is 1. The van der Waals surface area contributed by atoms with Gasteiger partial charge < -0.3 is 19.8 Å². The Bertz CT molecular complexity index is 736. The quantitative estimate of drug-likeness (QED) is 0.796. The number of benzene rings is 1. The summed E-state index contributed by atoms with van der Waals surface area (Å²) >= 11 is 1.56. The molecule has 3 rings (SSSR count). The molecule has 0 aliphatic heterocycles. The highest BCUT2D eigenvalue weighted by molar-refractivity contribution is 7.07. The number of aromatic nitrogens is 3. The van der Waals surface area contributed by atoms with Crippen LogP contribution in [0.1, 0.15) is 5.69 Å². The Labute approximate surface area is 119 Å². The number of nitrogens with zero attached hydrogens (tertiary/aromatic N) is 3.